The van der Waals surface area contributed by atoms with Crippen LogP contribution in [0.1, 0.15) is 6.92 Å². The number of ketones is 1. The maximum absolute atomic E-state index is 10.5. The van der Waals surface area contributed by atoms with Gasteiger partial charge < -0.3 is 21.7 Å². The molecule has 0 radical (unpaired) electrons. The van der Waals surface area contributed by atoms with E-state index in [1.54, 1.807) is 0 Å². The third-order valence-electron chi connectivity index (χ3n) is 1.45. The van der Waals surface area contributed by atoms with Gasteiger partial charge in [0.15, 0.2) is 5.78 Å². The second-order valence-electron chi connectivity index (χ2n) is 2.45. The first-order chi connectivity index (χ1) is 5.00. The van der Waals surface area contributed by atoms with Gasteiger partial charge in [0.1, 0.15) is 12.2 Å². The highest BCUT2D eigenvalue weighted by atomic mass is 16.3. The molecule has 0 aliphatic rings. The fourth-order valence-corrected chi connectivity index (χ4v) is 0.614. The summed E-state index contributed by atoms with van der Waals surface area (Å²) in [7, 11) is 0. The second kappa shape index (κ2) is 4.40. The van der Waals surface area contributed by atoms with Gasteiger partial charge in [0, 0.05) is 12.6 Å². The molecule has 0 aliphatic carbocycles. The van der Waals surface area contributed by atoms with E-state index < -0.39 is 24.0 Å². The Morgan fingerprint density at radius 2 is 2.00 bits per heavy atom. The molecule has 0 aromatic rings. The summed E-state index contributed by atoms with van der Waals surface area (Å²) < 4.78 is 0. The molecular formula is C6H14N2O3. The number of carbonyl (C=O) groups is 1. The predicted octanol–water partition coefficient (Wildman–Crippen LogP) is -2.42. The highest BCUT2D eigenvalue weighted by Gasteiger charge is 2.25. The highest BCUT2D eigenvalue weighted by Crippen LogP contribution is 1.97. The van der Waals surface area contributed by atoms with Crippen molar-refractivity contribution in [2.45, 2.75) is 25.2 Å². The van der Waals surface area contributed by atoms with Crippen LogP contribution >= 0.6 is 0 Å². The second-order valence-corrected chi connectivity index (χ2v) is 2.45. The normalized spacial score (nSPS) is 19.0. The van der Waals surface area contributed by atoms with Crippen LogP contribution in [0, 0.1) is 0 Å². The Kier molecular flexibility index (Phi) is 4.20. The molecule has 11 heavy (non-hydrogen) atoms. The first-order valence-corrected chi connectivity index (χ1v) is 3.33. The van der Waals surface area contributed by atoms with Gasteiger partial charge in [-0.3, -0.25) is 4.79 Å². The summed E-state index contributed by atoms with van der Waals surface area (Å²) in [6.45, 7) is 1.21. The average Bonchev–Trinajstić information content (AvgIpc) is 2.00. The minimum absolute atomic E-state index is 0.0332. The van der Waals surface area contributed by atoms with Crippen molar-refractivity contribution in [2.24, 2.45) is 11.5 Å². The molecule has 0 aromatic heterocycles. The highest BCUT2D eigenvalue weighted by molar-refractivity contribution is 5.80. The van der Waals surface area contributed by atoms with Crippen molar-refractivity contribution in [3.05, 3.63) is 0 Å². The molecule has 0 bridgehead atoms. The molecule has 0 saturated carbocycles. The summed E-state index contributed by atoms with van der Waals surface area (Å²) >= 11 is 0. The van der Waals surface area contributed by atoms with Gasteiger partial charge in [-0.2, -0.15) is 0 Å². The average molecular weight is 162 g/mol. The quantitative estimate of drug-likeness (QED) is 0.368. The van der Waals surface area contributed by atoms with Crippen LogP contribution in [0.25, 0.3) is 0 Å². The number of carbonyl (C=O) groups excluding carboxylic acids is 1. The van der Waals surface area contributed by atoms with Gasteiger partial charge in [0.2, 0.25) is 0 Å². The van der Waals surface area contributed by atoms with Gasteiger partial charge in [-0.15, -0.1) is 0 Å². The molecule has 0 amide bonds. The van der Waals surface area contributed by atoms with E-state index in [2.05, 4.69) is 0 Å². The minimum atomic E-state index is -1.42. The van der Waals surface area contributed by atoms with Gasteiger partial charge in [-0.25, -0.2) is 0 Å². The van der Waals surface area contributed by atoms with Crippen molar-refractivity contribution in [1.29, 1.82) is 0 Å². The van der Waals surface area contributed by atoms with Crippen LogP contribution in [0.5, 0.6) is 0 Å². The molecule has 3 atom stereocenters. The number of aliphatic hydroxyl groups is 2. The maximum Gasteiger partial charge on any atom is 0.160 e. The van der Waals surface area contributed by atoms with Crippen LogP contribution in [-0.2, 0) is 4.79 Å². The van der Waals surface area contributed by atoms with E-state index in [1.807, 2.05) is 0 Å². The van der Waals surface area contributed by atoms with Gasteiger partial charge in [0.05, 0.1) is 0 Å². The lowest BCUT2D eigenvalue weighted by Gasteiger charge is -2.20. The SMILES string of the molecule is CC(=O)[C@@H](O)C(O)C(N)CN. The zero-order valence-electron chi connectivity index (χ0n) is 6.40. The first kappa shape index (κ1) is 10.5. The van der Waals surface area contributed by atoms with Crippen molar-refractivity contribution in [3.8, 4) is 0 Å². The molecular weight excluding hydrogens is 148 g/mol. The van der Waals surface area contributed by atoms with Crippen LogP contribution < -0.4 is 11.5 Å². The molecule has 0 rings (SSSR count). The van der Waals surface area contributed by atoms with Crippen LogP contribution in [0.4, 0.5) is 0 Å². The Morgan fingerprint density at radius 3 is 2.27 bits per heavy atom. The number of hydrogen-bond acceptors (Lipinski definition) is 5. The van der Waals surface area contributed by atoms with E-state index in [4.69, 9.17) is 21.7 Å². The zero-order chi connectivity index (χ0) is 9.02. The summed E-state index contributed by atoms with van der Waals surface area (Å²) in [6.07, 6.45) is -2.69. The van der Waals surface area contributed by atoms with Crippen LogP contribution in [0.2, 0.25) is 0 Å². The van der Waals surface area contributed by atoms with E-state index in [9.17, 15) is 4.79 Å². The number of Topliss-reactive ketones (excluding diaryl/α,β-unsaturated/α-hetero) is 1. The Morgan fingerprint density at radius 1 is 1.55 bits per heavy atom. The number of hydrogen-bond donors (Lipinski definition) is 4. The molecule has 0 aliphatic heterocycles. The molecule has 0 aromatic carbocycles. The zero-order valence-corrected chi connectivity index (χ0v) is 6.40. The molecule has 6 N–H and O–H groups in total. The molecule has 0 spiro atoms. The van der Waals surface area contributed by atoms with E-state index in [-0.39, 0.29) is 6.54 Å². The van der Waals surface area contributed by atoms with E-state index in [0.29, 0.717) is 0 Å². The van der Waals surface area contributed by atoms with Crippen LogP contribution in [-0.4, -0.2) is 40.8 Å². The Bertz CT molecular complexity index is 140. The van der Waals surface area contributed by atoms with E-state index in [0.717, 1.165) is 0 Å². The summed E-state index contributed by atoms with van der Waals surface area (Å²) in [5, 5.41) is 18.0. The summed E-state index contributed by atoms with van der Waals surface area (Å²) in [6, 6.07) is -0.756. The molecule has 66 valence electrons. The van der Waals surface area contributed by atoms with Gasteiger partial charge in [-0.1, -0.05) is 0 Å². The first-order valence-electron chi connectivity index (χ1n) is 3.33. The van der Waals surface area contributed by atoms with Crippen molar-refractivity contribution in [3.63, 3.8) is 0 Å². The molecule has 2 unspecified atom stereocenters. The Hall–Kier alpha value is -0.490. The van der Waals surface area contributed by atoms with Crippen molar-refractivity contribution >= 4 is 5.78 Å². The van der Waals surface area contributed by atoms with Gasteiger partial charge in [-0.05, 0) is 6.92 Å². The number of nitrogens with two attached hydrogens (primary N) is 2. The minimum Gasteiger partial charge on any atom is -0.388 e. The lowest BCUT2D eigenvalue weighted by Crippen LogP contribution is -2.49. The van der Waals surface area contributed by atoms with Crippen LogP contribution in [0.3, 0.4) is 0 Å². The van der Waals surface area contributed by atoms with Crippen molar-refractivity contribution < 1.29 is 15.0 Å². The van der Waals surface area contributed by atoms with Crippen molar-refractivity contribution in [2.75, 3.05) is 6.54 Å². The third-order valence-corrected chi connectivity index (χ3v) is 1.45. The lowest BCUT2D eigenvalue weighted by atomic mass is 10.0. The predicted molar refractivity (Wildman–Crippen MR) is 39.7 cm³/mol. The van der Waals surface area contributed by atoms with E-state index >= 15 is 0 Å². The Balaban J connectivity index is 4.00. The number of aliphatic hydroxyl groups excluding tert-OH is 2. The standard InChI is InChI=1S/C6H14N2O3/c1-3(9)5(10)6(11)4(8)2-7/h4-6,10-11H,2,7-8H2,1H3/t4?,5-,6?/m1/s1. The van der Waals surface area contributed by atoms with Gasteiger partial charge in [0.25, 0.3) is 0 Å². The largest absolute Gasteiger partial charge is 0.388 e. The third kappa shape index (κ3) is 2.94. The molecule has 5 nitrogen and oxygen atoms in total. The van der Waals surface area contributed by atoms with Crippen LogP contribution in [0.15, 0.2) is 0 Å². The molecule has 0 heterocycles. The number of rotatable bonds is 4. The molecule has 0 saturated heterocycles. The smallest absolute Gasteiger partial charge is 0.160 e. The fourth-order valence-electron chi connectivity index (χ4n) is 0.614. The van der Waals surface area contributed by atoms with E-state index in [1.165, 1.54) is 6.92 Å². The molecule has 0 fully saturated rings. The summed E-state index contributed by atoms with van der Waals surface area (Å²) in [5.41, 5.74) is 10.4. The monoisotopic (exact) mass is 162 g/mol. The Labute approximate surface area is 65.0 Å². The van der Waals surface area contributed by atoms with Crippen molar-refractivity contribution in [1.82, 2.24) is 0 Å². The molecule has 5 heteroatoms. The summed E-state index contributed by atoms with van der Waals surface area (Å²) in [5.74, 6) is -0.513. The van der Waals surface area contributed by atoms with Gasteiger partial charge >= 0.3 is 0 Å². The fraction of sp³-hybridized carbons (Fsp3) is 0.833. The maximum atomic E-state index is 10.5. The summed E-state index contributed by atoms with van der Waals surface area (Å²) in [4.78, 5) is 10.5. The lowest BCUT2D eigenvalue weighted by molar-refractivity contribution is -0.131. The topological polar surface area (TPSA) is 110 Å².